The predicted molar refractivity (Wildman–Crippen MR) is 113 cm³/mol. The Morgan fingerprint density at radius 1 is 1.27 bits per heavy atom. The van der Waals surface area contributed by atoms with Gasteiger partial charge < -0.3 is 25.0 Å². The minimum atomic E-state index is -1.00. The van der Waals surface area contributed by atoms with Crippen LogP contribution in [0.25, 0.3) is 0 Å². The molecule has 0 spiro atoms. The number of amides is 2. The maximum absolute atomic E-state index is 13.1. The first kappa shape index (κ1) is 22.1. The number of carboxylic acid groups (broad SMARTS) is 1. The normalized spacial score (nSPS) is 17.8. The fourth-order valence-electron chi connectivity index (χ4n) is 4.09. The van der Waals surface area contributed by atoms with Gasteiger partial charge in [0.05, 0.1) is 24.3 Å². The maximum Gasteiger partial charge on any atom is 0.305 e. The van der Waals surface area contributed by atoms with E-state index < -0.39 is 5.97 Å². The molecule has 2 heterocycles. The van der Waals surface area contributed by atoms with E-state index in [9.17, 15) is 14.4 Å². The van der Waals surface area contributed by atoms with Crippen molar-refractivity contribution in [3.63, 3.8) is 0 Å². The largest absolute Gasteiger partial charge is 0.494 e. The minimum absolute atomic E-state index is 0.00785. The second kappa shape index (κ2) is 9.93. The molecular weight excluding hydrogens is 386 g/mol. The lowest BCUT2D eigenvalue weighted by Crippen LogP contribution is -2.42. The highest BCUT2D eigenvalue weighted by molar-refractivity contribution is 6.10. The summed E-state index contributed by atoms with van der Waals surface area (Å²) in [6, 6.07) is 5.10. The van der Waals surface area contributed by atoms with Crippen LogP contribution in [0.2, 0.25) is 0 Å². The van der Waals surface area contributed by atoms with E-state index in [1.54, 1.807) is 23.1 Å². The number of carboxylic acids is 1. The van der Waals surface area contributed by atoms with Crippen molar-refractivity contribution in [1.29, 1.82) is 0 Å². The van der Waals surface area contributed by atoms with Crippen molar-refractivity contribution < 1.29 is 24.2 Å². The molecule has 8 heteroatoms. The van der Waals surface area contributed by atoms with Crippen LogP contribution in [0.3, 0.4) is 0 Å². The number of hydrogen-bond acceptors (Lipinski definition) is 5. The van der Waals surface area contributed by atoms with E-state index in [1.165, 1.54) is 4.90 Å². The monoisotopic (exact) mass is 417 g/mol. The van der Waals surface area contributed by atoms with Crippen LogP contribution in [0, 0.1) is 5.92 Å². The topological polar surface area (TPSA) is 99.2 Å². The standard InChI is InChI=1S/C22H31N3O5/c1-15(2)25-19-4-3-17(30-12-8-16-5-9-23-10-6-16)13-18(19)22(29)24(14-20(25)26)11-7-21(27)28/h3-4,13,15-16,23H,5-12,14H2,1-2H3,(H,27,28). The summed E-state index contributed by atoms with van der Waals surface area (Å²) in [5, 5.41) is 12.3. The highest BCUT2D eigenvalue weighted by atomic mass is 16.5. The van der Waals surface area contributed by atoms with Gasteiger partial charge in [0.25, 0.3) is 5.91 Å². The summed E-state index contributed by atoms with van der Waals surface area (Å²) in [7, 11) is 0. The van der Waals surface area contributed by atoms with Crippen LogP contribution in [0.5, 0.6) is 5.75 Å². The summed E-state index contributed by atoms with van der Waals surface area (Å²) >= 11 is 0. The quantitative estimate of drug-likeness (QED) is 0.672. The van der Waals surface area contributed by atoms with E-state index in [1.807, 2.05) is 13.8 Å². The molecule has 2 N–H and O–H groups in total. The lowest BCUT2D eigenvalue weighted by molar-refractivity contribution is -0.137. The van der Waals surface area contributed by atoms with Gasteiger partial charge in [-0.1, -0.05) is 0 Å². The van der Waals surface area contributed by atoms with Gasteiger partial charge in [-0.15, -0.1) is 0 Å². The van der Waals surface area contributed by atoms with E-state index in [2.05, 4.69) is 5.32 Å². The molecule has 0 unspecified atom stereocenters. The van der Waals surface area contributed by atoms with Crippen molar-refractivity contribution in [3.8, 4) is 5.75 Å². The van der Waals surface area contributed by atoms with Gasteiger partial charge in [0.2, 0.25) is 5.91 Å². The maximum atomic E-state index is 13.1. The summed E-state index contributed by atoms with van der Waals surface area (Å²) in [6.45, 7) is 6.31. The molecule has 3 rings (SSSR count). The van der Waals surface area contributed by atoms with Gasteiger partial charge in [-0.25, -0.2) is 0 Å². The average Bonchev–Trinajstić information content (AvgIpc) is 2.81. The Balaban J connectivity index is 1.79. The summed E-state index contributed by atoms with van der Waals surface area (Å²) < 4.78 is 5.93. The summed E-state index contributed by atoms with van der Waals surface area (Å²) in [4.78, 5) is 39.8. The predicted octanol–water partition coefficient (Wildman–Crippen LogP) is 2.13. The Hall–Kier alpha value is -2.61. The third kappa shape index (κ3) is 5.30. The van der Waals surface area contributed by atoms with Gasteiger partial charge in [-0.05, 0) is 70.3 Å². The smallest absolute Gasteiger partial charge is 0.305 e. The molecule has 2 aliphatic heterocycles. The van der Waals surface area contributed by atoms with Crippen LogP contribution in [0.4, 0.5) is 5.69 Å². The number of anilines is 1. The number of nitrogens with one attached hydrogen (secondary N) is 1. The molecule has 8 nitrogen and oxygen atoms in total. The first-order valence-corrected chi connectivity index (χ1v) is 10.7. The van der Waals surface area contributed by atoms with Crippen LogP contribution >= 0.6 is 0 Å². The zero-order valence-corrected chi connectivity index (χ0v) is 17.7. The summed E-state index contributed by atoms with van der Waals surface area (Å²) in [5.74, 6) is -0.328. The molecule has 0 aliphatic carbocycles. The Bertz CT molecular complexity index is 789. The first-order valence-electron chi connectivity index (χ1n) is 10.7. The van der Waals surface area contributed by atoms with Crippen LogP contribution < -0.4 is 15.0 Å². The molecule has 1 aromatic carbocycles. The molecule has 0 saturated carbocycles. The fraction of sp³-hybridized carbons (Fsp3) is 0.591. The molecule has 0 bridgehead atoms. The number of aliphatic carboxylic acids is 1. The third-order valence-corrected chi connectivity index (χ3v) is 5.71. The number of fused-ring (bicyclic) bond motifs is 1. The highest BCUT2D eigenvalue weighted by Gasteiger charge is 2.33. The fourth-order valence-corrected chi connectivity index (χ4v) is 4.09. The first-order chi connectivity index (χ1) is 14.4. The third-order valence-electron chi connectivity index (χ3n) is 5.71. The van der Waals surface area contributed by atoms with Crippen LogP contribution in [0.15, 0.2) is 18.2 Å². The Labute approximate surface area is 177 Å². The minimum Gasteiger partial charge on any atom is -0.494 e. The number of hydrogen-bond donors (Lipinski definition) is 2. The second-order valence-corrected chi connectivity index (χ2v) is 8.24. The van der Waals surface area contributed by atoms with Gasteiger partial charge in [0.15, 0.2) is 0 Å². The molecule has 1 saturated heterocycles. The summed E-state index contributed by atoms with van der Waals surface area (Å²) in [6.07, 6.45) is 3.06. The number of carbonyl (C=O) groups excluding carboxylic acids is 2. The number of ether oxygens (including phenoxy) is 1. The average molecular weight is 418 g/mol. The molecular formula is C22H31N3O5. The van der Waals surface area contributed by atoms with Gasteiger partial charge in [0, 0.05) is 12.6 Å². The zero-order chi connectivity index (χ0) is 21.7. The Morgan fingerprint density at radius 3 is 2.67 bits per heavy atom. The van der Waals surface area contributed by atoms with Gasteiger partial charge in [0.1, 0.15) is 12.3 Å². The molecule has 2 amide bonds. The lowest BCUT2D eigenvalue weighted by atomic mass is 9.95. The van der Waals surface area contributed by atoms with Crippen LogP contribution in [0.1, 0.15) is 49.9 Å². The van der Waals surface area contributed by atoms with Crippen molar-refractivity contribution in [1.82, 2.24) is 10.2 Å². The molecule has 0 radical (unpaired) electrons. The van der Waals surface area contributed by atoms with Gasteiger partial charge in [-0.2, -0.15) is 0 Å². The van der Waals surface area contributed by atoms with Gasteiger partial charge >= 0.3 is 5.97 Å². The zero-order valence-electron chi connectivity index (χ0n) is 17.7. The van der Waals surface area contributed by atoms with E-state index in [4.69, 9.17) is 9.84 Å². The van der Waals surface area contributed by atoms with Crippen molar-refractivity contribution in [2.75, 3.05) is 37.7 Å². The van der Waals surface area contributed by atoms with E-state index >= 15 is 0 Å². The van der Waals surface area contributed by atoms with Crippen molar-refractivity contribution in [2.24, 2.45) is 5.92 Å². The number of benzene rings is 1. The number of carbonyl (C=O) groups is 3. The van der Waals surface area contributed by atoms with Crippen molar-refractivity contribution in [3.05, 3.63) is 23.8 Å². The molecule has 164 valence electrons. The van der Waals surface area contributed by atoms with E-state index in [0.717, 1.165) is 32.4 Å². The van der Waals surface area contributed by atoms with E-state index in [0.29, 0.717) is 29.5 Å². The molecule has 30 heavy (non-hydrogen) atoms. The highest BCUT2D eigenvalue weighted by Crippen LogP contribution is 2.31. The molecule has 1 aromatic rings. The van der Waals surface area contributed by atoms with Crippen molar-refractivity contribution >= 4 is 23.5 Å². The van der Waals surface area contributed by atoms with Crippen molar-refractivity contribution in [2.45, 2.75) is 45.6 Å². The SMILES string of the molecule is CC(C)N1C(=O)CN(CCC(=O)O)C(=O)c2cc(OCCC3CCNCC3)ccc21. The van der Waals surface area contributed by atoms with Crippen LogP contribution in [-0.4, -0.2) is 66.6 Å². The van der Waals surface area contributed by atoms with Crippen LogP contribution in [-0.2, 0) is 9.59 Å². The Kier molecular flexibility index (Phi) is 7.31. The van der Waals surface area contributed by atoms with Gasteiger partial charge in [-0.3, -0.25) is 14.4 Å². The number of piperidine rings is 1. The molecule has 2 aliphatic rings. The molecule has 0 atom stereocenters. The number of rotatable bonds is 8. The second-order valence-electron chi connectivity index (χ2n) is 8.24. The summed E-state index contributed by atoms with van der Waals surface area (Å²) in [5.41, 5.74) is 0.919. The molecule has 0 aromatic heterocycles. The van der Waals surface area contributed by atoms with E-state index in [-0.39, 0.29) is 37.4 Å². The Morgan fingerprint density at radius 2 is 2.00 bits per heavy atom. The lowest BCUT2D eigenvalue weighted by Gasteiger charge is -2.26. The number of nitrogens with zero attached hydrogens (tertiary/aromatic N) is 2. The molecule has 1 fully saturated rings.